The SMILES string of the molecule is O=C(NC(c1ccc(Cl)cc1)c1ccc(Cl)cc1)N1CCN(CCCN2CCCCC2)CC1. The van der Waals surface area contributed by atoms with E-state index in [-0.39, 0.29) is 12.1 Å². The van der Waals surface area contributed by atoms with Crippen LogP contribution in [0.4, 0.5) is 4.79 Å². The van der Waals surface area contributed by atoms with Gasteiger partial charge >= 0.3 is 6.03 Å². The van der Waals surface area contributed by atoms with Crippen molar-refractivity contribution < 1.29 is 4.79 Å². The number of nitrogens with one attached hydrogen (secondary N) is 1. The van der Waals surface area contributed by atoms with Gasteiger partial charge in [0, 0.05) is 36.2 Å². The van der Waals surface area contributed by atoms with Crippen molar-refractivity contribution in [3.63, 3.8) is 0 Å². The van der Waals surface area contributed by atoms with Crippen LogP contribution in [0.5, 0.6) is 0 Å². The van der Waals surface area contributed by atoms with Crippen molar-refractivity contribution in [2.24, 2.45) is 0 Å². The highest BCUT2D eigenvalue weighted by Gasteiger charge is 2.24. The van der Waals surface area contributed by atoms with Crippen LogP contribution in [0.3, 0.4) is 0 Å². The monoisotopic (exact) mass is 488 g/mol. The molecule has 2 fully saturated rings. The summed E-state index contributed by atoms with van der Waals surface area (Å²) < 4.78 is 0. The molecule has 4 rings (SSSR count). The molecule has 2 aliphatic rings. The Hall–Kier alpha value is -1.79. The van der Waals surface area contributed by atoms with Gasteiger partial charge in [-0.2, -0.15) is 0 Å². The van der Waals surface area contributed by atoms with Gasteiger partial charge in [0.25, 0.3) is 0 Å². The third kappa shape index (κ3) is 7.10. The number of carbonyl (C=O) groups excluding carboxylic acids is 1. The number of nitrogens with zero attached hydrogens (tertiary/aromatic N) is 3. The molecule has 33 heavy (non-hydrogen) atoms. The number of benzene rings is 2. The summed E-state index contributed by atoms with van der Waals surface area (Å²) in [4.78, 5) is 20.2. The van der Waals surface area contributed by atoms with Crippen LogP contribution in [0.2, 0.25) is 10.0 Å². The molecule has 0 bridgehead atoms. The Bertz CT molecular complexity index is 831. The van der Waals surface area contributed by atoms with Crippen LogP contribution in [0, 0.1) is 0 Å². The summed E-state index contributed by atoms with van der Waals surface area (Å²) in [5.41, 5.74) is 1.98. The molecule has 1 N–H and O–H groups in total. The molecule has 0 saturated carbocycles. The second kappa shape index (κ2) is 12.1. The van der Waals surface area contributed by atoms with Crippen LogP contribution in [-0.4, -0.2) is 73.1 Å². The highest BCUT2D eigenvalue weighted by molar-refractivity contribution is 6.30. The van der Waals surface area contributed by atoms with Crippen LogP contribution < -0.4 is 5.32 Å². The fourth-order valence-electron chi connectivity index (χ4n) is 4.76. The van der Waals surface area contributed by atoms with Crippen molar-refractivity contribution in [3.05, 3.63) is 69.7 Å². The minimum Gasteiger partial charge on any atom is -0.327 e. The number of hydrogen-bond donors (Lipinski definition) is 1. The van der Waals surface area contributed by atoms with Gasteiger partial charge in [0.2, 0.25) is 0 Å². The van der Waals surface area contributed by atoms with Gasteiger partial charge in [0.05, 0.1) is 6.04 Å². The summed E-state index contributed by atoms with van der Waals surface area (Å²) in [6, 6.07) is 15.0. The predicted octanol–water partition coefficient (Wildman–Crippen LogP) is 5.29. The zero-order valence-electron chi connectivity index (χ0n) is 19.2. The number of rotatable bonds is 7. The molecular formula is C26H34Cl2N4O. The van der Waals surface area contributed by atoms with E-state index in [1.165, 1.54) is 45.3 Å². The summed E-state index contributed by atoms with van der Waals surface area (Å²) >= 11 is 12.2. The van der Waals surface area contributed by atoms with Crippen LogP contribution in [0.25, 0.3) is 0 Å². The molecule has 0 aliphatic carbocycles. The molecule has 0 unspecified atom stereocenters. The van der Waals surface area contributed by atoms with Crippen LogP contribution in [0.15, 0.2) is 48.5 Å². The van der Waals surface area contributed by atoms with E-state index in [1.807, 2.05) is 53.4 Å². The Labute approximate surface area is 207 Å². The first-order valence-corrected chi connectivity index (χ1v) is 12.9. The predicted molar refractivity (Wildman–Crippen MR) is 136 cm³/mol. The lowest BCUT2D eigenvalue weighted by atomic mass is 9.99. The molecule has 2 heterocycles. The zero-order chi connectivity index (χ0) is 23.0. The van der Waals surface area contributed by atoms with E-state index in [4.69, 9.17) is 23.2 Å². The summed E-state index contributed by atoms with van der Waals surface area (Å²) in [5.74, 6) is 0. The number of urea groups is 1. The van der Waals surface area contributed by atoms with Gasteiger partial charge in [0.1, 0.15) is 0 Å². The van der Waals surface area contributed by atoms with Crippen LogP contribution in [0.1, 0.15) is 42.9 Å². The molecule has 0 atom stereocenters. The highest BCUT2D eigenvalue weighted by Crippen LogP contribution is 2.25. The highest BCUT2D eigenvalue weighted by atomic mass is 35.5. The van der Waals surface area contributed by atoms with Crippen molar-refractivity contribution >= 4 is 29.2 Å². The maximum Gasteiger partial charge on any atom is 0.318 e. The summed E-state index contributed by atoms with van der Waals surface area (Å²) in [6.45, 7) is 8.20. The minimum absolute atomic E-state index is 0.0298. The number of halogens is 2. The maximum absolute atomic E-state index is 13.2. The molecule has 7 heteroatoms. The summed E-state index contributed by atoms with van der Waals surface area (Å²) in [7, 11) is 0. The van der Waals surface area contributed by atoms with Gasteiger partial charge in [-0.3, -0.25) is 4.90 Å². The molecule has 0 aromatic heterocycles. The van der Waals surface area contributed by atoms with Crippen LogP contribution in [-0.2, 0) is 0 Å². The molecule has 5 nitrogen and oxygen atoms in total. The van der Waals surface area contributed by atoms with Crippen molar-refractivity contribution in [1.29, 1.82) is 0 Å². The van der Waals surface area contributed by atoms with E-state index in [1.54, 1.807) is 0 Å². The molecule has 2 saturated heterocycles. The van der Waals surface area contributed by atoms with E-state index >= 15 is 0 Å². The number of piperazine rings is 1. The molecule has 2 amide bonds. The molecule has 2 aromatic rings. The fraction of sp³-hybridized carbons (Fsp3) is 0.500. The average Bonchev–Trinajstić information content (AvgIpc) is 2.85. The largest absolute Gasteiger partial charge is 0.327 e. The fourth-order valence-corrected chi connectivity index (χ4v) is 5.01. The minimum atomic E-state index is -0.255. The standard InChI is InChI=1S/C26H34Cl2N4O/c27-23-9-5-21(6-10-23)25(22-7-11-24(28)12-8-22)29-26(33)32-19-17-31(18-20-32)16-4-15-30-13-2-1-3-14-30/h5-12,25H,1-4,13-20H2,(H,29,33). The summed E-state index contributed by atoms with van der Waals surface area (Å²) in [6.07, 6.45) is 5.29. The van der Waals surface area contributed by atoms with E-state index in [2.05, 4.69) is 15.1 Å². The van der Waals surface area contributed by atoms with Crippen molar-refractivity contribution in [2.75, 3.05) is 52.4 Å². The third-order valence-corrected chi connectivity index (χ3v) is 7.24. The van der Waals surface area contributed by atoms with E-state index in [0.29, 0.717) is 10.0 Å². The topological polar surface area (TPSA) is 38.8 Å². The maximum atomic E-state index is 13.2. The first-order chi connectivity index (χ1) is 16.1. The molecule has 178 valence electrons. The Kier molecular flexibility index (Phi) is 8.90. The number of likely N-dealkylation sites (tertiary alicyclic amines) is 1. The van der Waals surface area contributed by atoms with Crippen molar-refractivity contribution in [3.8, 4) is 0 Å². The summed E-state index contributed by atoms with van der Waals surface area (Å²) in [5, 5.41) is 4.59. The normalized spacial score (nSPS) is 18.0. The van der Waals surface area contributed by atoms with Crippen molar-refractivity contribution in [2.45, 2.75) is 31.7 Å². The van der Waals surface area contributed by atoms with E-state index < -0.39 is 0 Å². The van der Waals surface area contributed by atoms with Gasteiger partial charge in [-0.05, 0) is 80.8 Å². The smallest absolute Gasteiger partial charge is 0.318 e. The number of piperidine rings is 1. The number of carbonyl (C=O) groups is 1. The number of hydrogen-bond acceptors (Lipinski definition) is 3. The second-order valence-electron chi connectivity index (χ2n) is 9.07. The second-order valence-corrected chi connectivity index (χ2v) is 9.94. The molecule has 2 aromatic carbocycles. The lowest BCUT2D eigenvalue weighted by Crippen LogP contribution is -2.52. The first-order valence-electron chi connectivity index (χ1n) is 12.1. The Morgan fingerprint density at radius 3 is 1.73 bits per heavy atom. The van der Waals surface area contributed by atoms with Gasteiger partial charge < -0.3 is 15.1 Å². The van der Waals surface area contributed by atoms with Gasteiger partial charge in [-0.25, -0.2) is 4.79 Å². The average molecular weight is 489 g/mol. The third-order valence-electron chi connectivity index (χ3n) is 6.73. The Morgan fingerprint density at radius 2 is 1.21 bits per heavy atom. The number of amides is 2. The van der Waals surface area contributed by atoms with E-state index in [9.17, 15) is 4.79 Å². The van der Waals surface area contributed by atoms with Crippen LogP contribution >= 0.6 is 23.2 Å². The zero-order valence-corrected chi connectivity index (χ0v) is 20.7. The van der Waals surface area contributed by atoms with E-state index in [0.717, 1.165) is 43.9 Å². The lowest BCUT2D eigenvalue weighted by Gasteiger charge is -2.36. The quantitative estimate of drug-likeness (QED) is 0.575. The first kappa shape index (κ1) is 24.3. The van der Waals surface area contributed by atoms with Gasteiger partial charge in [-0.1, -0.05) is 53.9 Å². The Morgan fingerprint density at radius 1 is 0.727 bits per heavy atom. The molecule has 0 radical (unpaired) electrons. The Balaban J connectivity index is 1.30. The molecule has 0 spiro atoms. The molecule has 2 aliphatic heterocycles. The van der Waals surface area contributed by atoms with Crippen molar-refractivity contribution in [1.82, 2.24) is 20.0 Å². The molecular weight excluding hydrogens is 455 g/mol. The lowest BCUT2D eigenvalue weighted by molar-refractivity contribution is 0.131. The van der Waals surface area contributed by atoms with Gasteiger partial charge in [-0.15, -0.1) is 0 Å². The van der Waals surface area contributed by atoms with Gasteiger partial charge in [0.15, 0.2) is 0 Å².